The van der Waals surface area contributed by atoms with Crippen LogP contribution in [-0.2, 0) is 0 Å². The number of H-pyrrole nitrogens is 1. The molecule has 0 saturated carbocycles. The molecule has 1 unspecified atom stereocenters. The minimum absolute atomic E-state index is 0. The lowest BCUT2D eigenvalue weighted by atomic mass is 10.1. The van der Waals surface area contributed by atoms with Crippen LogP contribution in [0.3, 0.4) is 0 Å². The van der Waals surface area contributed by atoms with E-state index < -0.39 is 0 Å². The number of likely N-dealkylation sites (N-methyl/N-ethyl adjacent to an activating group) is 1. The van der Waals surface area contributed by atoms with Crippen LogP contribution in [0.1, 0.15) is 23.3 Å². The summed E-state index contributed by atoms with van der Waals surface area (Å²) in [5, 5.41) is 3.24. The van der Waals surface area contributed by atoms with Crippen LogP contribution in [0.2, 0.25) is 0 Å². The molecular weight excluding hydrogens is 352 g/mol. The SMILES string of the molecule is CNC1CCCN(C(=O)c2cc(I)c[nH]2)C1.Cl. The number of likely N-dealkylation sites (tertiary alicyclic amines) is 1. The van der Waals surface area contributed by atoms with Crippen molar-refractivity contribution in [2.45, 2.75) is 18.9 Å². The van der Waals surface area contributed by atoms with E-state index in [1.54, 1.807) is 0 Å². The molecule has 1 aromatic heterocycles. The molecule has 2 rings (SSSR count). The predicted molar refractivity (Wildman–Crippen MR) is 78.7 cm³/mol. The van der Waals surface area contributed by atoms with E-state index in [0.717, 1.165) is 29.5 Å². The highest BCUT2D eigenvalue weighted by Crippen LogP contribution is 2.14. The lowest BCUT2D eigenvalue weighted by Gasteiger charge is -2.32. The molecule has 1 atom stereocenters. The van der Waals surface area contributed by atoms with Crippen LogP contribution in [0.25, 0.3) is 0 Å². The number of halogens is 2. The maximum absolute atomic E-state index is 12.1. The van der Waals surface area contributed by atoms with Crippen LogP contribution in [0.4, 0.5) is 0 Å². The first kappa shape index (κ1) is 14.8. The van der Waals surface area contributed by atoms with Crippen molar-refractivity contribution in [3.05, 3.63) is 21.5 Å². The van der Waals surface area contributed by atoms with E-state index in [9.17, 15) is 4.79 Å². The predicted octanol–water partition coefficient (Wildman–Crippen LogP) is 1.87. The number of amides is 1. The normalized spacial score (nSPS) is 19.9. The number of nitrogens with zero attached hydrogens (tertiary/aromatic N) is 1. The average molecular weight is 370 g/mol. The number of nitrogens with one attached hydrogen (secondary N) is 2. The molecule has 4 nitrogen and oxygen atoms in total. The van der Waals surface area contributed by atoms with Gasteiger partial charge in [-0.3, -0.25) is 4.79 Å². The van der Waals surface area contributed by atoms with Gasteiger partial charge in [0.25, 0.3) is 5.91 Å². The van der Waals surface area contributed by atoms with Gasteiger partial charge in [-0.2, -0.15) is 0 Å². The second kappa shape index (κ2) is 6.61. The maximum atomic E-state index is 12.1. The first-order chi connectivity index (χ1) is 7.70. The Hall–Kier alpha value is -0.270. The Morgan fingerprint density at radius 2 is 2.41 bits per heavy atom. The number of hydrogen-bond donors (Lipinski definition) is 2. The van der Waals surface area contributed by atoms with Crippen molar-refractivity contribution >= 4 is 40.9 Å². The molecule has 0 aliphatic carbocycles. The number of aromatic amines is 1. The molecule has 0 bridgehead atoms. The van der Waals surface area contributed by atoms with E-state index in [-0.39, 0.29) is 18.3 Å². The lowest BCUT2D eigenvalue weighted by molar-refractivity contribution is 0.0693. The quantitative estimate of drug-likeness (QED) is 0.782. The van der Waals surface area contributed by atoms with E-state index in [1.165, 1.54) is 0 Å². The van der Waals surface area contributed by atoms with Gasteiger partial charge < -0.3 is 15.2 Å². The number of carbonyl (C=O) groups excluding carboxylic acids is 1. The van der Waals surface area contributed by atoms with Crippen LogP contribution in [0, 0.1) is 3.57 Å². The van der Waals surface area contributed by atoms with Gasteiger partial charge in [0.2, 0.25) is 0 Å². The number of aromatic nitrogens is 1. The summed E-state index contributed by atoms with van der Waals surface area (Å²) in [6.45, 7) is 1.68. The van der Waals surface area contributed by atoms with Crippen LogP contribution in [-0.4, -0.2) is 42.0 Å². The molecule has 1 aliphatic rings. The Labute approximate surface area is 121 Å². The Morgan fingerprint density at radius 1 is 1.65 bits per heavy atom. The van der Waals surface area contributed by atoms with E-state index in [4.69, 9.17) is 0 Å². The van der Waals surface area contributed by atoms with Gasteiger partial charge in [-0.05, 0) is 48.5 Å². The third kappa shape index (κ3) is 3.59. The first-order valence-corrected chi connectivity index (χ1v) is 6.59. The summed E-state index contributed by atoms with van der Waals surface area (Å²) in [7, 11) is 1.95. The van der Waals surface area contributed by atoms with Gasteiger partial charge in [0, 0.05) is 28.9 Å². The molecule has 1 aliphatic heterocycles. The molecular formula is C11H17ClIN3O. The van der Waals surface area contributed by atoms with Crippen molar-refractivity contribution in [1.82, 2.24) is 15.2 Å². The number of carbonyl (C=O) groups is 1. The van der Waals surface area contributed by atoms with Gasteiger partial charge in [-0.25, -0.2) is 0 Å². The van der Waals surface area contributed by atoms with Gasteiger partial charge in [0.1, 0.15) is 5.69 Å². The molecule has 0 spiro atoms. The summed E-state index contributed by atoms with van der Waals surface area (Å²) in [4.78, 5) is 17.1. The van der Waals surface area contributed by atoms with Crippen molar-refractivity contribution in [3.8, 4) is 0 Å². The van der Waals surface area contributed by atoms with E-state index in [1.807, 2.05) is 24.2 Å². The van der Waals surface area contributed by atoms with Crippen LogP contribution >= 0.6 is 35.0 Å². The van der Waals surface area contributed by atoms with Crippen molar-refractivity contribution < 1.29 is 4.79 Å². The summed E-state index contributed by atoms with van der Waals surface area (Å²) in [5.74, 6) is 0.114. The Balaban J connectivity index is 0.00000144. The number of piperidine rings is 1. The zero-order valence-corrected chi connectivity index (χ0v) is 12.7. The minimum Gasteiger partial charge on any atom is -0.356 e. The molecule has 0 radical (unpaired) electrons. The van der Waals surface area contributed by atoms with Gasteiger partial charge in [-0.1, -0.05) is 0 Å². The fraction of sp³-hybridized carbons (Fsp3) is 0.545. The number of hydrogen-bond acceptors (Lipinski definition) is 2. The molecule has 1 aromatic rings. The van der Waals surface area contributed by atoms with Crippen LogP contribution < -0.4 is 5.32 Å². The third-order valence-electron chi connectivity index (χ3n) is 3.00. The van der Waals surface area contributed by atoms with Crippen molar-refractivity contribution in [3.63, 3.8) is 0 Å². The summed E-state index contributed by atoms with van der Waals surface area (Å²) in [6, 6.07) is 2.33. The highest BCUT2D eigenvalue weighted by Gasteiger charge is 2.24. The third-order valence-corrected chi connectivity index (χ3v) is 3.62. The van der Waals surface area contributed by atoms with E-state index >= 15 is 0 Å². The summed E-state index contributed by atoms with van der Waals surface area (Å²) < 4.78 is 1.07. The molecule has 0 aromatic carbocycles. The molecule has 1 amide bonds. The lowest BCUT2D eigenvalue weighted by Crippen LogP contribution is -2.47. The van der Waals surface area contributed by atoms with Gasteiger partial charge in [0.15, 0.2) is 0 Å². The molecule has 1 fully saturated rings. The van der Waals surface area contributed by atoms with Crippen molar-refractivity contribution in [2.24, 2.45) is 0 Å². The Morgan fingerprint density at radius 3 is 3.00 bits per heavy atom. The molecule has 2 N–H and O–H groups in total. The summed E-state index contributed by atoms with van der Waals surface area (Å²) >= 11 is 2.20. The molecule has 6 heteroatoms. The van der Waals surface area contributed by atoms with Gasteiger partial charge >= 0.3 is 0 Å². The van der Waals surface area contributed by atoms with Crippen molar-refractivity contribution in [1.29, 1.82) is 0 Å². The van der Waals surface area contributed by atoms with Crippen LogP contribution in [0.5, 0.6) is 0 Å². The summed E-state index contributed by atoms with van der Waals surface area (Å²) in [5.41, 5.74) is 0.696. The molecule has 1 saturated heterocycles. The molecule has 2 heterocycles. The standard InChI is InChI=1S/C11H16IN3O.ClH/c1-13-9-3-2-4-15(7-9)11(16)10-5-8(12)6-14-10;/h5-6,9,13-14H,2-4,7H2,1H3;1H. The summed E-state index contributed by atoms with van der Waals surface area (Å²) in [6.07, 6.45) is 4.09. The van der Waals surface area contributed by atoms with Crippen LogP contribution in [0.15, 0.2) is 12.3 Å². The van der Waals surface area contributed by atoms with Crippen molar-refractivity contribution in [2.75, 3.05) is 20.1 Å². The zero-order valence-electron chi connectivity index (χ0n) is 9.70. The van der Waals surface area contributed by atoms with Gasteiger partial charge in [0.05, 0.1) is 0 Å². The monoisotopic (exact) mass is 369 g/mol. The second-order valence-electron chi connectivity index (χ2n) is 4.11. The van der Waals surface area contributed by atoms with E-state index in [0.29, 0.717) is 11.7 Å². The largest absolute Gasteiger partial charge is 0.356 e. The number of rotatable bonds is 2. The fourth-order valence-electron chi connectivity index (χ4n) is 2.06. The highest BCUT2D eigenvalue weighted by molar-refractivity contribution is 14.1. The molecule has 96 valence electrons. The minimum atomic E-state index is 0. The van der Waals surface area contributed by atoms with Gasteiger partial charge in [-0.15, -0.1) is 12.4 Å². The maximum Gasteiger partial charge on any atom is 0.270 e. The topological polar surface area (TPSA) is 48.1 Å². The van der Waals surface area contributed by atoms with E-state index in [2.05, 4.69) is 32.9 Å². The zero-order chi connectivity index (χ0) is 11.5. The Kier molecular flexibility index (Phi) is 5.75. The molecule has 17 heavy (non-hydrogen) atoms. The fourth-order valence-corrected chi connectivity index (χ4v) is 2.53. The Bertz CT molecular complexity index is 383. The average Bonchev–Trinajstić information content (AvgIpc) is 2.75. The smallest absolute Gasteiger partial charge is 0.270 e. The highest BCUT2D eigenvalue weighted by atomic mass is 127. The second-order valence-corrected chi connectivity index (χ2v) is 5.36. The first-order valence-electron chi connectivity index (χ1n) is 5.51.